The molecule has 60 valence electrons. The van der Waals surface area contributed by atoms with Crippen LogP contribution in [-0.4, -0.2) is 9.97 Å². The number of nitrogens with zero attached hydrogens (tertiary/aromatic N) is 2. The van der Waals surface area contributed by atoms with Crippen LogP contribution >= 0.6 is 11.6 Å². The standard InChI is InChI=1S/C5H4ClF2N3/c6-5-10-2(4(7)8)1-3(9)11-5/h1,4H,(H2,9,10,11). The number of anilines is 1. The van der Waals surface area contributed by atoms with E-state index < -0.39 is 12.1 Å². The molecule has 0 amide bonds. The van der Waals surface area contributed by atoms with Crippen molar-refractivity contribution in [1.82, 2.24) is 9.97 Å². The number of alkyl halides is 2. The summed E-state index contributed by atoms with van der Waals surface area (Å²) in [4.78, 5) is 6.67. The van der Waals surface area contributed by atoms with Gasteiger partial charge in [0.15, 0.2) is 0 Å². The first kappa shape index (κ1) is 8.13. The van der Waals surface area contributed by atoms with E-state index >= 15 is 0 Å². The highest BCUT2D eigenvalue weighted by Crippen LogP contribution is 2.18. The normalized spacial score (nSPS) is 10.5. The van der Waals surface area contributed by atoms with Crippen LogP contribution in [0.2, 0.25) is 5.28 Å². The summed E-state index contributed by atoms with van der Waals surface area (Å²) in [6, 6.07) is 0.983. The molecule has 6 heteroatoms. The van der Waals surface area contributed by atoms with Gasteiger partial charge in [0.25, 0.3) is 6.43 Å². The van der Waals surface area contributed by atoms with E-state index in [2.05, 4.69) is 9.97 Å². The van der Waals surface area contributed by atoms with E-state index in [-0.39, 0.29) is 11.1 Å². The Morgan fingerprint density at radius 1 is 1.45 bits per heavy atom. The fourth-order valence-corrected chi connectivity index (χ4v) is 0.761. The molecule has 0 aliphatic heterocycles. The molecular weight excluding hydrogens is 176 g/mol. The third-order valence-electron chi connectivity index (χ3n) is 0.962. The van der Waals surface area contributed by atoms with Gasteiger partial charge in [-0.15, -0.1) is 0 Å². The van der Waals surface area contributed by atoms with Gasteiger partial charge in [-0.2, -0.15) is 0 Å². The van der Waals surface area contributed by atoms with Crippen molar-refractivity contribution in [1.29, 1.82) is 0 Å². The zero-order valence-electron chi connectivity index (χ0n) is 5.26. The first-order valence-corrected chi connectivity index (χ1v) is 3.05. The first-order chi connectivity index (χ1) is 5.09. The van der Waals surface area contributed by atoms with Crippen molar-refractivity contribution in [2.75, 3.05) is 5.73 Å². The zero-order valence-corrected chi connectivity index (χ0v) is 6.02. The molecule has 0 radical (unpaired) electrons. The lowest BCUT2D eigenvalue weighted by Crippen LogP contribution is -1.97. The molecule has 1 aromatic rings. The number of rotatable bonds is 1. The molecule has 0 aliphatic carbocycles. The van der Waals surface area contributed by atoms with E-state index in [1.54, 1.807) is 0 Å². The van der Waals surface area contributed by atoms with Crippen molar-refractivity contribution >= 4 is 17.4 Å². The fourth-order valence-electron chi connectivity index (χ4n) is 0.566. The van der Waals surface area contributed by atoms with Crippen molar-refractivity contribution in [2.24, 2.45) is 0 Å². The van der Waals surface area contributed by atoms with Gasteiger partial charge in [0, 0.05) is 6.07 Å². The highest BCUT2D eigenvalue weighted by molar-refractivity contribution is 6.28. The smallest absolute Gasteiger partial charge is 0.280 e. The van der Waals surface area contributed by atoms with E-state index in [1.807, 2.05) is 0 Å². The Morgan fingerprint density at radius 3 is 2.55 bits per heavy atom. The molecule has 0 saturated carbocycles. The van der Waals surface area contributed by atoms with Gasteiger partial charge in [-0.1, -0.05) is 0 Å². The molecule has 0 saturated heterocycles. The summed E-state index contributed by atoms with van der Waals surface area (Å²) in [6.45, 7) is 0. The minimum Gasteiger partial charge on any atom is -0.384 e. The van der Waals surface area contributed by atoms with Gasteiger partial charge >= 0.3 is 0 Å². The predicted octanol–water partition coefficient (Wildman–Crippen LogP) is 1.65. The van der Waals surface area contributed by atoms with Crippen LogP contribution < -0.4 is 5.73 Å². The number of hydrogen-bond donors (Lipinski definition) is 1. The lowest BCUT2D eigenvalue weighted by atomic mass is 10.4. The minimum atomic E-state index is -2.67. The highest BCUT2D eigenvalue weighted by Gasteiger charge is 2.10. The zero-order chi connectivity index (χ0) is 8.43. The van der Waals surface area contributed by atoms with Crippen LogP contribution in [-0.2, 0) is 0 Å². The molecule has 11 heavy (non-hydrogen) atoms. The molecule has 0 spiro atoms. The van der Waals surface area contributed by atoms with Crippen molar-refractivity contribution in [2.45, 2.75) is 6.43 Å². The summed E-state index contributed by atoms with van der Waals surface area (Å²) in [5, 5.41) is -0.264. The molecule has 1 heterocycles. The van der Waals surface area contributed by atoms with Crippen LogP contribution in [0.3, 0.4) is 0 Å². The second-order valence-electron chi connectivity index (χ2n) is 1.79. The Labute approximate surface area is 66.2 Å². The average Bonchev–Trinajstić information content (AvgIpc) is 1.85. The van der Waals surface area contributed by atoms with Crippen LogP contribution in [0.5, 0.6) is 0 Å². The van der Waals surface area contributed by atoms with Crippen molar-refractivity contribution in [3.63, 3.8) is 0 Å². The second kappa shape index (κ2) is 2.96. The lowest BCUT2D eigenvalue weighted by Gasteiger charge is -1.99. The lowest BCUT2D eigenvalue weighted by molar-refractivity contribution is 0.146. The van der Waals surface area contributed by atoms with Gasteiger partial charge in [0.05, 0.1) is 0 Å². The van der Waals surface area contributed by atoms with Crippen molar-refractivity contribution in [3.8, 4) is 0 Å². The largest absolute Gasteiger partial charge is 0.384 e. The van der Waals surface area contributed by atoms with Crippen LogP contribution in [0.1, 0.15) is 12.1 Å². The van der Waals surface area contributed by atoms with E-state index in [4.69, 9.17) is 17.3 Å². The van der Waals surface area contributed by atoms with E-state index in [0.717, 1.165) is 6.07 Å². The minimum absolute atomic E-state index is 0.0553. The summed E-state index contributed by atoms with van der Waals surface area (Å²) in [5.41, 5.74) is 4.67. The maximum Gasteiger partial charge on any atom is 0.280 e. The van der Waals surface area contributed by atoms with E-state index in [1.165, 1.54) is 0 Å². The van der Waals surface area contributed by atoms with Crippen LogP contribution in [0.4, 0.5) is 14.6 Å². The van der Waals surface area contributed by atoms with Gasteiger partial charge in [0.1, 0.15) is 11.5 Å². The topological polar surface area (TPSA) is 51.8 Å². The second-order valence-corrected chi connectivity index (χ2v) is 2.13. The third kappa shape index (κ3) is 1.98. The summed E-state index contributed by atoms with van der Waals surface area (Å²) in [7, 11) is 0. The Kier molecular flexibility index (Phi) is 2.19. The van der Waals surface area contributed by atoms with Crippen molar-refractivity contribution in [3.05, 3.63) is 17.0 Å². The third-order valence-corrected chi connectivity index (χ3v) is 1.13. The Bertz CT molecular complexity index is 246. The van der Waals surface area contributed by atoms with Gasteiger partial charge in [-0.05, 0) is 11.6 Å². The molecule has 1 rings (SSSR count). The van der Waals surface area contributed by atoms with E-state index in [9.17, 15) is 8.78 Å². The molecule has 0 aromatic carbocycles. The Morgan fingerprint density at radius 2 is 2.09 bits per heavy atom. The van der Waals surface area contributed by atoms with Crippen LogP contribution in [0.25, 0.3) is 0 Å². The monoisotopic (exact) mass is 179 g/mol. The number of hydrogen-bond acceptors (Lipinski definition) is 3. The number of aromatic nitrogens is 2. The molecule has 1 aromatic heterocycles. The van der Waals surface area contributed by atoms with Crippen molar-refractivity contribution < 1.29 is 8.78 Å². The molecule has 0 unspecified atom stereocenters. The number of halogens is 3. The summed E-state index contributed by atoms with van der Waals surface area (Å²) >= 11 is 5.26. The molecular formula is C5H4ClF2N3. The Hall–Kier alpha value is -0.970. The summed E-state index contributed by atoms with van der Waals surface area (Å²) < 4.78 is 23.8. The summed E-state index contributed by atoms with van der Waals surface area (Å²) in [5.74, 6) is -0.0553. The fraction of sp³-hybridized carbons (Fsp3) is 0.200. The Balaban J connectivity index is 3.08. The quantitative estimate of drug-likeness (QED) is 0.667. The SMILES string of the molecule is Nc1cc(C(F)F)nc(Cl)n1. The van der Waals surface area contributed by atoms with Gasteiger partial charge in [-0.3, -0.25) is 0 Å². The van der Waals surface area contributed by atoms with Gasteiger partial charge in [0.2, 0.25) is 5.28 Å². The summed E-state index contributed by atoms with van der Waals surface area (Å²) in [6.07, 6.45) is -2.67. The molecule has 0 atom stereocenters. The average molecular weight is 180 g/mol. The molecule has 3 nitrogen and oxygen atoms in total. The highest BCUT2D eigenvalue weighted by atomic mass is 35.5. The van der Waals surface area contributed by atoms with Gasteiger partial charge < -0.3 is 5.73 Å². The van der Waals surface area contributed by atoms with Gasteiger partial charge in [-0.25, -0.2) is 18.7 Å². The maximum atomic E-state index is 11.9. The van der Waals surface area contributed by atoms with Crippen LogP contribution in [0, 0.1) is 0 Å². The molecule has 2 N–H and O–H groups in total. The number of nitrogen functional groups attached to an aromatic ring is 1. The van der Waals surface area contributed by atoms with Crippen LogP contribution in [0.15, 0.2) is 6.07 Å². The number of nitrogens with two attached hydrogens (primary N) is 1. The molecule has 0 bridgehead atoms. The maximum absolute atomic E-state index is 11.9. The molecule has 0 aliphatic rings. The molecule has 0 fully saturated rings. The van der Waals surface area contributed by atoms with E-state index in [0.29, 0.717) is 0 Å². The first-order valence-electron chi connectivity index (χ1n) is 2.67. The predicted molar refractivity (Wildman–Crippen MR) is 36.4 cm³/mol.